The average Bonchev–Trinajstić information content (AvgIpc) is 3.34. The molecule has 3 N–H and O–H groups in total. The van der Waals surface area contributed by atoms with Gasteiger partial charge in [-0.1, -0.05) is 54.6 Å². The fourth-order valence-electron chi connectivity index (χ4n) is 5.16. The van der Waals surface area contributed by atoms with Crippen molar-refractivity contribution in [2.45, 2.75) is 57.8 Å². The van der Waals surface area contributed by atoms with Crippen LogP contribution in [0, 0.1) is 0 Å². The van der Waals surface area contributed by atoms with Gasteiger partial charge in [-0.3, -0.25) is 18.8 Å². The third kappa shape index (κ3) is 5.25. The van der Waals surface area contributed by atoms with Crippen molar-refractivity contribution in [1.29, 1.82) is 0 Å². The van der Waals surface area contributed by atoms with Crippen LogP contribution in [-0.4, -0.2) is 53.9 Å². The minimum absolute atomic E-state index is 0.0910. The Morgan fingerprint density at radius 2 is 1.74 bits per heavy atom. The Bertz CT molecular complexity index is 1470. The Morgan fingerprint density at radius 1 is 1.03 bits per heavy atom. The van der Waals surface area contributed by atoms with Gasteiger partial charge in [-0.2, -0.15) is 5.10 Å². The predicted molar refractivity (Wildman–Crippen MR) is 146 cm³/mol. The summed E-state index contributed by atoms with van der Waals surface area (Å²) in [4.78, 5) is 32.5. The second-order valence-corrected chi connectivity index (χ2v) is 10.0. The number of nitrogens with zero attached hydrogens (tertiary/aromatic N) is 5. The molecule has 1 saturated heterocycles. The third-order valence-electron chi connectivity index (χ3n) is 7.46. The highest BCUT2D eigenvalue weighted by atomic mass is 16.3. The van der Waals surface area contributed by atoms with Crippen LogP contribution in [0.1, 0.15) is 37.3 Å². The van der Waals surface area contributed by atoms with Crippen molar-refractivity contribution < 1.29 is 9.90 Å². The molecule has 198 valence electrons. The van der Waals surface area contributed by atoms with Crippen LogP contribution >= 0.6 is 0 Å². The van der Waals surface area contributed by atoms with Gasteiger partial charge in [0.25, 0.3) is 5.56 Å². The van der Waals surface area contributed by atoms with E-state index in [4.69, 9.17) is 5.73 Å². The first-order valence-electron chi connectivity index (χ1n) is 13.2. The number of hydrogen-bond donors (Lipinski definition) is 2. The molecule has 0 radical (unpaired) electrons. The molecule has 38 heavy (non-hydrogen) atoms. The van der Waals surface area contributed by atoms with E-state index in [2.05, 4.69) is 10.1 Å². The maximum atomic E-state index is 13.4. The molecule has 4 aromatic rings. The van der Waals surface area contributed by atoms with Crippen molar-refractivity contribution in [3.05, 3.63) is 82.4 Å². The van der Waals surface area contributed by atoms with E-state index in [0.29, 0.717) is 57.4 Å². The smallest absolute Gasteiger partial charge is 0.281 e. The van der Waals surface area contributed by atoms with E-state index < -0.39 is 5.60 Å². The maximum absolute atomic E-state index is 13.4. The summed E-state index contributed by atoms with van der Waals surface area (Å²) in [5.41, 5.74) is 9.04. The number of carbonyl (C=O) groups is 1. The number of aliphatic hydroxyl groups is 1. The number of aryl methyl sites for hydroxylation is 2. The molecule has 0 saturated carbocycles. The SMILES string of the molecule is CCn1nc2c(=O)n(CC3(O)CCN(C(=O)CCc4ccccc4)CC3)cnc2c1-c1ccc(CN)cc1. The van der Waals surface area contributed by atoms with Crippen molar-refractivity contribution in [2.24, 2.45) is 5.73 Å². The summed E-state index contributed by atoms with van der Waals surface area (Å²) in [5, 5.41) is 15.9. The van der Waals surface area contributed by atoms with Gasteiger partial charge in [0, 0.05) is 38.2 Å². The summed E-state index contributed by atoms with van der Waals surface area (Å²) in [6.07, 6.45) is 3.44. The van der Waals surface area contributed by atoms with E-state index >= 15 is 0 Å². The van der Waals surface area contributed by atoms with E-state index in [9.17, 15) is 14.7 Å². The van der Waals surface area contributed by atoms with Gasteiger partial charge >= 0.3 is 0 Å². The number of carbonyl (C=O) groups excluding carboxylic acids is 1. The highest BCUT2D eigenvalue weighted by Crippen LogP contribution is 2.28. The van der Waals surface area contributed by atoms with Gasteiger partial charge in [0.2, 0.25) is 5.91 Å². The number of amides is 1. The van der Waals surface area contributed by atoms with E-state index in [0.717, 1.165) is 22.4 Å². The Morgan fingerprint density at radius 3 is 2.39 bits per heavy atom. The lowest BCUT2D eigenvalue weighted by Gasteiger charge is -2.38. The van der Waals surface area contributed by atoms with Crippen molar-refractivity contribution in [3.8, 4) is 11.3 Å². The summed E-state index contributed by atoms with van der Waals surface area (Å²) >= 11 is 0. The van der Waals surface area contributed by atoms with Gasteiger partial charge in [-0.05, 0) is 37.3 Å². The lowest BCUT2D eigenvalue weighted by Crippen LogP contribution is -2.49. The third-order valence-corrected chi connectivity index (χ3v) is 7.46. The molecule has 0 aliphatic carbocycles. The largest absolute Gasteiger partial charge is 0.388 e. The molecule has 2 aromatic heterocycles. The van der Waals surface area contributed by atoms with Gasteiger partial charge in [0.15, 0.2) is 5.52 Å². The van der Waals surface area contributed by atoms with Crippen LogP contribution in [0.15, 0.2) is 65.7 Å². The molecule has 2 aromatic carbocycles. The first-order chi connectivity index (χ1) is 18.4. The second kappa shape index (κ2) is 10.9. The first-order valence-corrected chi connectivity index (χ1v) is 13.2. The summed E-state index contributed by atoms with van der Waals surface area (Å²) in [7, 11) is 0. The molecule has 9 nitrogen and oxygen atoms in total. The van der Waals surface area contributed by atoms with E-state index in [-0.39, 0.29) is 23.5 Å². The first kappa shape index (κ1) is 25.8. The molecule has 9 heteroatoms. The van der Waals surface area contributed by atoms with E-state index in [1.165, 1.54) is 10.9 Å². The van der Waals surface area contributed by atoms with Gasteiger partial charge in [0.05, 0.1) is 24.2 Å². The zero-order valence-corrected chi connectivity index (χ0v) is 21.7. The number of benzene rings is 2. The van der Waals surface area contributed by atoms with E-state index in [1.54, 1.807) is 4.68 Å². The molecule has 1 fully saturated rings. The fourth-order valence-corrected chi connectivity index (χ4v) is 5.16. The maximum Gasteiger partial charge on any atom is 0.281 e. The summed E-state index contributed by atoms with van der Waals surface area (Å²) in [6, 6.07) is 17.8. The van der Waals surface area contributed by atoms with Crippen molar-refractivity contribution in [3.63, 3.8) is 0 Å². The number of piperidine rings is 1. The Balaban J connectivity index is 1.29. The summed E-state index contributed by atoms with van der Waals surface area (Å²) in [6.45, 7) is 4.05. The van der Waals surface area contributed by atoms with Crippen molar-refractivity contribution >= 4 is 16.9 Å². The molecule has 1 aliphatic rings. The van der Waals surface area contributed by atoms with Crippen LogP contribution in [0.5, 0.6) is 0 Å². The number of rotatable bonds is 8. The highest BCUT2D eigenvalue weighted by molar-refractivity contribution is 5.89. The number of hydrogen-bond acceptors (Lipinski definition) is 6. The van der Waals surface area contributed by atoms with Gasteiger partial charge < -0.3 is 15.7 Å². The Labute approximate surface area is 221 Å². The minimum atomic E-state index is -1.09. The topological polar surface area (TPSA) is 119 Å². The van der Waals surface area contributed by atoms with Crippen molar-refractivity contribution in [2.75, 3.05) is 13.1 Å². The Kier molecular flexibility index (Phi) is 7.40. The van der Waals surface area contributed by atoms with Gasteiger partial charge in [-0.25, -0.2) is 4.98 Å². The van der Waals surface area contributed by atoms with Crippen LogP contribution in [-0.2, 0) is 30.8 Å². The standard InChI is InChI=1S/C29H34N6O3/c1-2-35-27(23-11-8-22(18-30)9-12-23)25-26(32-35)28(37)34(20-31-25)19-29(38)14-16-33(17-15-29)24(36)13-10-21-6-4-3-5-7-21/h3-9,11-12,20,38H,2,10,13-19,30H2,1H3. The lowest BCUT2D eigenvalue weighted by molar-refractivity contribution is -0.135. The highest BCUT2D eigenvalue weighted by Gasteiger charge is 2.35. The fraction of sp³-hybridized carbons (Fsp3) is 0.379. The van der Waals surface area contributed by atoms with E-state index in [1.807, 2.05) is 66.4 Å². The molecule has 0 unspecified atom stereocenters. The summed E-state index contributed by atoms with van der Waals surface area (Å²) in [5.74, 6) is 0.0910. The molecule has 0 atom stereocenters. The zero-order valence-electron chi connectivity index (χ0n) is 21.7. The molecule has 5 rings (SSSR count). The van der Waals surface area contributed by atoms with Crippen LogP contribution in [0.4, 0.5) is 0 Å². The predicted octanol–water partition coefficient (Wildman–Crippen LogP) is 2.72. The van der Waals surface area contributed by atoms with Crippen LogP contribution in [0.2, 0.25) is 0 Å². The molecule has 0 spiro atoms. The average molecular weight is 515 g/mol. The number of nitrogens with two attached hydrogens (primary N) is 1. The molecule has 0 bridgehead atoms. The van der Waals surface area contributed by atoms with Crippen LogP contribution in [0.25, 0.3) is 22.3 Å². The monoisotopic (exact) mass is 514 g/mol. The minimum Gasteiger partial charge on any atom is -0.388 e. The molecular weight excluding hydrogens is 480 g/mol. The lowest BCUT2D eigenvalue weighted by atomic mass is 9.91. The molecule has 1 amide bonds. The quantitative estimate of drug-likeness (QED) is 0.373. The number of aromatic nitrogens is 4. The second-order valence-electron chi connectivity index (χ2n) is 10.0. The zero-order chi connectivity index (χ0) is 26.7. The van der Waals surface area contributed by atoms with Crippen molar-refractivity contribution in [1.82, 2.24) is 24.2 Å². The molecule has 3 heterocycles. The number of likely N-dealkylation sites (tertiary alicyclic amines) is 1. The number of fused-ring (bicyclic) bond motifs is 1. The molecular formula is C29H34N6O3. The summed E-state index contributed by atoms with van der Waals surface area (Å²) < 4.78 is 3.23. The van der Waals surface area contributed by atoms with Gasteiger partial charge in [0.1, 0.15) is 5.52 Å². The van der Waals surface area contributed by atoms with Crippen LogP contribution in [0.3, 0.4) is 0 Å². The van der Waals surface area contributed by atoms with Gasteiger partial charge in [-0.15, -0.1) is 0 Å². The molecule has 1 aliphatic heterocycles. The Hall–Kier alpha value is -3.82. The normalized spacial score (nSPS) is 15.2. The van der Waals surface area contributed by atoms with Crippen LogP contribution < -0.4 is 11.3 Å².